The highest BCUT2D eigenvalue weighted by Gasteiger charge is 2.31. The molecule has 1 aliphatic rings. The van der Waals surface area contributed by atoms with Gasteiger partial charge in [0.25, 0.3) is 0 Å². The van der Waals surface area contributed by atoms with Gasteiger partial charge in [0.2, 0.25) is 0 Å². The Balaban J connectivity index is 2.12. The van der Waals surface area contributed by atoms with Crippen molar-refractivity contribution in [2.75, 3.05) is 19.6 Å². The van der Waals surface area contributed by atoms with Crippen LogP contribution in [0.15, 0.2) is 0 Å². The van der Waals surface area contributed by atoms with Crippen molar-refractivity contribution in [2.45, 2.75) is 78.8 Å². The van der Waals surface area contributed by atoms with E-state index in [1.54, 1.807) is 0 Å². The van der Waals surface area contributed by atoms with Crippen molar-refractivity contribution in [3.8, 4) is 0 Å². The van der Waals surface area contributed by atoms with Crippen molar-refractivity contribution in [1.29, 1.82) is 0 Å². The summed E-state index contributed by atoms with van der Waals surface area (Å²) >= 11 is 0. The molecular formula is C16H34N2. The van der Waals surface area contributed by atoms with Crippen LogP contribution in [0.25, 0.3) is 0 Å². The van der Waals surface area contributed by atoms with Gasteiger partial charge in [-0.05, 0) is 64.1 Å². The Morgan fingerprint density at radius 2 is 1.94 bits per heavy atom. The minimum atomic E-state index is 0.568. The average Bonchev–Trinajstić information content (AvgIpc) is 2.64. The average molecular weight is 254 g/mol. The zero-order chi connectivity index (χ0) is 13.6. The number of hydrogen-bond donors (Lipinski definition) is 1. The van der Waals surface area contributed by atoms with E-state index in [1.807, 2.05) is 0 Å². The van der Waals surface area contributed by atoms with Gasteiger partial charge in [0, 0.05) is 12.1 Å². The Labute approximate surface area is 115 Å². The Morgan fingerprint density at radius 1 is 1.28 bits per heavy atom. The van der Waals surface area contributed by atoms with Crippen LogP contribution < -0.4 is 5.32 Å². The third kappa shape index (κ3) is 5.71. The molecule has 0 spiro atoms. The third-order valence-corrected chi connectivity index (χ3v) is 4.49. The molecule has 1 saturated carbocycles. The lowest BCUT2D eigenvalue weighted by atomic mass is 9.92. The zero-order valence-corrected chi connectivity index (χ0v) is 13.3. The number of hydrogen-bond acceptors (Lipinski definition) is 2. The van der Waals surface area contributed by atoms with Gasteiger partial charge in [0.05, 0.1) is 0 Å². The predicted molar refractivity (Wildman–Crippen MR) is 81.0 cm³/mol. The largest absolute Gasteiger partial charge is 0.311 e. The lowest BCUT2D eigenvalue weighted by Gasteiger charge is -2.23. The van der Waals surface area contributed by atoms with Crippen LogP contribution in [0, 0.1) is 5.41 Å². The van der Waals surface area contributed by atoms with E-state index < -0.39 is 0 Å². The molecule has 0 amide bonds. The molecule has 0 aromatic heterocycles. The quantitative estimate of drug-likeness (QED) is 0.711. The molecule has 18 heavy (non-hydrogen) atoms. The molecule has 0 heterocycles. The Hall–Kier alpha value is -0.0800. The fourth-order valence-electron chi connectivity index (χ4n) is 3.22. The maximum absolute atomic E-state index is 3.83. The van der Waals surface area contributed by atoms with Crippen LogP contribution >= 0.6 is 0 Å². The van der Waals surface area contributed by atoms with Gasteiger partial charge in [-0.2, -0.15) is 0 Å². The summed E-state index contributed by atoms with van der Waals surface area (Å²) in [5, 5.41) is 3.83. The second kappa shape index (κ2) is 7.49. The molecule has 0 saturated heterocycles. The zero-order valence-electron chi connectivity index (χ0n) is 13.3. The normalized spacial score (nSPS) is 24.7. The second-order valence-corrected chi connectivity index (χ2v) is 6.84. The van der Waals surface area contributed by atoms with Crippen LogP contribution in [0.4, 0.5) is 0 Å². The van der Waals surface area contributed by atoms with Crippen LogP contribution in [0.2, 0.25) is 0 Å². The van der Waals surface area contributed by atoms with Crippen LogP contribution in [-0.4, -0.2) is 36.6 Å². The lowest BCUT2D eigenvalue weighted by Crippen LogP contribution is -2.36. The van der Waals surface area contributed by atoms with E-state index in [9.17, 15) is 0 Å². The maximum atomic E-state index is 3.83. The minimum absolute atomic E-state index is 0.568. The summed E-state index contributed by atoms with van der Waals surface area (Å²) in [4.78, 5) is 2.52. The maximum Gasteiger partial charge on any atom is 0.00748 e. The van der Waals surface area contributed by atoms with Gasteiger partial charge in [0.15, 0.2) is 0 Å². The van der Waals surface area contributed by atoms with Crippen LogP contribution in [-0.2, 0) is 0 Å². The third-order valence-electron chi connectivity index (χ3n) is 4.49. The molecule has 1 rings (SSSR count). The predicted octanol–water partition coefficient (Wildman–Crippen LogP) is 3.67. The molecule has 0 bridgehead atoms. The Kier molecular flexibility index (Phi) is 6.65. The van der Waals surface area contributed by atoms with Gasteiger partial charge in [-0.1, -0.05) is 27.7 Å². The van der Waals surface area contributed by atoms with Gasteiger partial charge in [-0.15, -0.1) is 0 Å². The molecule has 0 aliphatic heterocycles. The standard InChI is InChI=1S/C16H34N2/c1-6-18(7-2)12-8-9-14(3)17-15-10-11-16(4,5)13-15/h14-15,17H,6-13H2,1-5H3. The van der Waals surface area contributed by atoms with Crippen molar-refractivity contribution in [2.24, 2.45) is 5.41 Å². The molecule has 2 atom stereocenters. The fraction of sp³-hybridized carbons (Fsp3) is 1.00. The molecule has 108 valence electrons. The van der Waals surface area contributed by atoms with E-state index in [4.69, 9.17) is 0 Å². The van der Waals surface area contributed by atoms with Crippen molar-refractivity contribution in [3.63, 3.8) is 0 Å². The molecular weight excluding hydrogens is 220 g/mol. The summed E-state index contributed by atoms with van der Waals surface area (Å²) in [7, 11) is 0. The van der Waals surface area contributed by atoms with E-state index >= 15 is 0 Å². The second-order valence-electron chi connectivity index (χ2n) is 6.84. The molecule has 0 radical (unpaired) electrons. The molecule has 1 fully saturated rings. The summed E-state index contributed by atoms with van der Waals surface area (Å²) in [5.74, 6) is 0. The first-order chi connectivity index (χ1) is 8.46. The van der Waals surface area contributed by atoms with Crippen LogP contribution in [0.5, 0.6) is 0 Å². The first kappa shape index (κ1) is 16.0. The van der Waals surface area contributed by atoms with Crippen LogP contribution in [0.1, 0.15) is 66.7 Å². The SMILES string of the molecule is CCN(CC)CCCC(C)NC1CCC(C)(C)C1. The van der Waals surface area contributed by atoms with E-state index in [0.717, 1.165) is 6.04 Å². The molecule has 0 aromatic rings. The van der Waals surface area contributed by atoms with E-state index in [2.05, 4.69) is 44.8 Å². The number of rotatable bonds is 8. The highest BCUT2D eigenvalue weighted by Crippen LogP contribution is 2.37. The van der Waals surface area contributed by atoms with E-state index in [0.29, 0.717) is 11.5 Å². The first-order valence-electron chi connectivity index (χ1n) is 7.95. The van der Waals surface area contributed by atoms with Gasteiger partial charge >= 0.3 is 0 Å². The van der Waals surface area contributed by atoms with Gasteiger partial charge in [0.1, 0.15) is 0 Å². The summed E-state index contributed by atoms with van der Waals surface area (Å²) in [6.07, 6.45) is 6.75. The first-order valence-corrected chi connectivity index (χ1v) is 7.95. The molecule has 2 nitrogen and oxygen atoms in total. The van der Waals surface area contributed by atoms with E-state index in [-0.39, 0.29) is 0 Å². The summed E-state index contributed by atoms with van der Waals surface area (Å²) in [6.45, 7) is 15.3. The molecule has 0 aromatic carbocycles. The van der Waals surface area contributed by atoms with Crippen LogP contribution in [0.3, 0.4) is 0 Å². The van der Waals surface area contributed by atoms with E-state index in [1.165, 1.54) is 51.7 Å². The molecule has 2 unspecified atom stereocenters. The number of nitrogens with one attached hydrogen (secondary N) is 1. The monoisotopic (exact) mass is 254 g/mol. The topological polar surface area (TPSA) is 15.3 Å². The summed E-state index contributed by atoms with van der Waals surface area (Å²) in [6, 6.07) is 1.45. The molecule has 2 heteroatoms. The Bertz CT molecular complexity index is 221. The highest BCUT2D eigenvalue weighted by molar-refractivity contribution is 4.87. The lowest BCUT2D eigenvalue weighted by molar-refractivity contribution is 0.286. The molecule has 1 aliphatic carbocycles. The van der Waals surface area contributed by atoms with Crippen molar-refractivity contribution >= 4 is 0 Å². The number of nitrogens with zero attached hydrogens (tertiary/aromatic N) is 1. The molecule has 1 N–H and O–H groups in total. The van der Waals surface area contributed by atoms with Crippen molar-refractivity contribution in [1.82, 2.24) is 10.2 Å². The Morgan fingerprint density at radius 3 is 2.44 bits per heavy atom. The van der Waals surface area contributed by atoms with Crippen molar-refractivity contribution < 1.29 is 0 Å². The summed E-state index contributed by atoms with van der Waals surface area (Å²) in [5.41, 5.74) is 0.568. The highest BCUT2D eigenvalue weighted by atomic mass is 15.1. The van der Waals surface area contributed by atoms with Gasteiger partial charge in [-0.25, -0.2) is 0 Å². The van der Waals surface area contributed by atoms with Gasteiger partial charge in [-0.3, -0.25) is 0 Å². The summed E-state index contributed by atoms with van der Waals surface area (Å²) < 4.78 is 0. The van der Waals surface area contributed by atoms with Gasteiger partial charge < -0.3 is 10.2 Å². The van der Waals surface area contributed by atoms with Crippen molar-refractivity contribution in [3.05, 3.63) is 0 Å². The smallest absolute Gasteiger partial charge is 0.00748 e. The minimum Gasteiger partial charge on any atom is -0.311 e. The fourth-order valence-corrected chi connectivity index (χ4v) is 3.22.